The number of terminal acetylenes is 1. The molecule has 3 nitrogen and oxygen atoms in total. The van der Waals surface area contributed by atoms with Gasteiger partial charge in [0.05, 0.1) is 5.69 Å². The van der Waals surface area contributed by atoms with E-state index in [-0.39, 0.29) is 0 Å². The first-order chi connectivity index (χ1) is 9.95. The fourth-order valence-electron chi connectivity index (χ4n) is 1.89. The largest absolute Gasteiger partial charge is 0.264 e. The van der Waals surface area contributed by atoms with E-state index < -0.39 is 0 Å². The second-order valence-corrected chi connectivity index (χ2v) is 3.88. The Morgan fingerprint density at radius 3 is 1.90 bits per heavy atom. The summed E-state index contributed by atoms with van der Waals surface area (Å²) in [5, 5.41) is 0. The predicted octanol–water partition coefficient (Wildman–Crippen LogP) is 3.46. The van der Waals surface area contributed by atoms with Gasteiger partial charge >= 0.3 is 0 Å². The van der Waals surface area contributed by atoms with Gasteiger partial charge < -0.3 is 0 Å². The van der Waals surface area contributed by atoms with Gasteiger partial charge in [0.15, 0.2) is 0 Å². The van der Waals surface area contributed by atoms with Crippen LogP contribution in [0.4, 0.5) is 0 Å². The summed E-state index contributed by atoms with van der Waals surface area (Å²) in [5.74, 6) is 0. The summed E-state index contributed by atoms with van der Waals surface area (Å²) >= 11 is 0. The van der Waals surface area contributed by atoms with E-state index in [9.17, 15) is 0 Å². The zero-order valence-corrected chi connectivity index (χ0v) is 10.8. The highest BCUT2D eigenvalue weighted by Gasteiger charge is 2.07. The lowest BCUT2D eigenvalue weighted by atomic mass is 10.0. The van der Waals surface area contributed by atoms with Crippen molar-refractivity contribution in [3.8, 4) is 35.2 Å². The Labute approximate surface area is 118 Å². The van der Waals surface area contributed by atoms with E-state index in [4.69, 9.17) is 0 Å². The van der Waals surface area contributed by atoms with Crippen LogP contribution in [0.25, 0.3) is 22.4 Å². The molecule has 0 aliphatic heterocycles. The number of pyridine rings is 3. The first kappa shape index (κ1) is 13.4. The number of hydrogen-bond acceptors (Lipinski definition) is 3. The maximum atomic E-state index is 4.46. The summed E-state index contributed by atoms with van der Waals surface area (Å²) in [4.78, 5) is 12.8. The van der Waals surface area contributed by atoms with Crippen LogP contribution in [0.15, 0.2) is 67.4 Å². The molecule has 0 N–H and O–H groups in total. The fourth-order valence-corrected chi connectivity index (χ4v) is 1.89. The van der Waals surface area contributed by atoms with Gasteiger partial charge in [-0.05, 0) is 24.3 Å². The molecule has 0 amide bonds. The van der Waals surface area contributed by atoms with Gasteiger partial charge in [0.1, 0.15) is 0 Å². The molecular weight excluding hydrogens is 246 g/mol. The predicted molar refractivity (Wildman–Crippen MR) is 80.6 cm³/mol. The Morgan fingerprint density at radius 1 is 0.700 bits per heavy atom. The third-order valence-corrected chi connectivity index (χ3v) is 2.72. The van der Waals surface area contributed by atoms with E-state index >= 15 is 0 Å². The Morgan fingerprint density at radius 2 is 1.30 bits per heavy atom. The fraction of sp³-hybridized carbons (Fsp3) is 0. The topological polar surface area (TPSA) is 38.7 Å². The smallest absolute Gasteiger partial charge is 0.0796 e. The van der Waals surface area contributed by atoms with E-state index in [0.29, 0.717) is 0 Å². The van der Waals surface area contributed by atoms with Crippen molar-refractivity contribution in [2.24, 2.45) is 0 Å². The molecule has 3 aromatic heterocycles. The van der Waals surface area contributed by atoms with Crippen molar-refractivity contribution >= 4 is 0 Å². The Bertz CT molecular complexity index is 618. The summed E-state index contributed by atoms with van der Waals surface area (Å²) in [6, 6.07) is 11.9. The van der Waals surface area contributed by atoms with Gasteiger partial charge in [0, 0.05) is 47.7 Å². The van der Waals surface area contributed by atoms with Crippen molar-refractivity contribution in [2.45, 2.75) is 0 Å². The summed E-state index contributed by atoms with van der Waals surface area (Å²) in [5.41, 5.74) is 4.07. The van der Waals surface area contributed by atoms with Gasteiger partial charge in [0.2, 0.25) is 0 Å². The van der Waals surface area contributed by atoms with Crippen LogP contribution >= 0.6 is 0 Å². The Balaban J connectivity index is 0.000000704. The van der Waals surface area contributed by atoms with Crippen LogP contribution in [0, 0.1) is 12.8 Å². The van der Waals surface area contributed by atoms with Crippen LogP contribution < -0.4 is 0 Å². The lowest BCUT2D eigenvalue weighted by Gasteiger charge is -2.07. The zero-order chi connectivity index (χ0) is 14.2. The lowest BCUT2D eigenvalue weighted by Crippen LogP contribution is -1.89. The summed E-state index contributed by atoms with van der Waals surface area (Å²) in [6.07, 6.45) is 17.0. The molecule has 0 aliphatic rings. The number of aromatic nitrogens is 3. The first-order valence-corrected chi connectivity index (χ1v) is 6.04. The highest BCUT2D eigenvalue weighted by atomic mass is 14.7. The molecule has 0 radical (unpaired) electrons. The molecular formula is C17H13N3. The highest BCUT2D eigenvalue weighted by molar-refractivity contribution is 5.79. The van der Waals surface area contributed by atoms with Gasteiger partial charge in [-0.3, -0.25) is 15.0 Å². The Kier molecular flexibility index (Phi) is 4.58. The highest BCUT2D eigenvalue weighted by Crippen LogP contribution is 2.28. The molecule has 0 saturated heterocycles. The monoisotopic (exact) mass is 259 g/mol. The van der Waals surface area contributed by atoms with E-state index in [2.05, 4.69) is 27.8 Å². The first-order valence-electron chi connectivity index (χ1n) is 6.04. The van der Waals surface area contributed by atoms with Crippen LogP contribution in [-0.4, -0.2) is 15.0 Å². The molecule has 0 fully saturated rings. The minimum absolute atomic E-state index is 0.929. The van der Waals surface area contributed by atoms with Crippen molar-refractivity contribution in [1.82, 2.24) is 15.0 Å². The van der Waals surface area contributed by atoms with E-state index in [0.717, 1.165) is 22.4 Å². The average Bonchev–Trinajstić information content (AvgIpc) is 2.58. The molecule has 0 aliphatic carbocycles. The van der Waals surface area contributed by atoms with Crippen LogP contribution in [0.1, 0.15) is 0 Å². The number of nitrogens with zero attached hydrogens (tertiary/aromatic N) is 3. The second-order valence-electron chi connectivity index (χ2n) is 3.88. The lowest BCUT2D eigenvalue weighted by molar-refractivity contribution is 1.27. The normalized spacial score (nSPS) is 9.30. The molecule has 0 atom stereocenters. The number of hydrogen-bond donors (Lipinski definition) is 0. The van der Waals surface area contributed by atoms with Crippen molar-refractivity contribution in [1.29, 1.82) is 0 Å². The molecule has 0 spiro atoms. The second kappa shape index (κ2) is 6.81. The molecule has 3 rings (SSSR count). The van der Waals surface area contributed by atoms with Gasteiger partial charge in [0.25, 0.3) is 0 Å². The van der Waals surface area contributed by atoms with Crippen LogP contribution in [0.3, 0.4) is 0 Å². The van der Waals surface area contributed by atoms with E-state index in [1.807, 2.05) is 48.8 Å². The van der Waals surface area contributed by atoms with Crippen LogP contribution in [0.2, 0.25) is 0 Å². The molecule has 3 aromatic rings. The van der Waals surface area contributed by atoms with E-state index in [1.54, 1.807) is 18.6 Å². The minimum atomic E-state index is 0.929. The molecule has 0 aromatic carbocycles. The maximum Gasteiger partial charge on any atom is 0.0796 e. The third kappa shape index (κ3) is 2.88. The standard InChI is InChI=1S/C15H11N3.C2H2/c1-4-12(10-16-7-1)14-6-3-9-18-15(14)13-5-2-8-17-11-13;1-2/h1-11H;1-2H. The van der Waals surface area contributed by atoms with Gasteiger partial charge in [-0.1, -0.05) is 12.1 Å². The van der Waals surface area contributed by atoms with Crippen LogP contribution in [0.5, 0.6) is 0 Å². The minimum Gasteiger partial charge on any atom is -0.264 e. The molecule has 0 bridgehead atoms. The number of rotatable bonds is 2. The molecule has 20 heavy (non-hydrogen) atoms. The van der Waals surface area contributed by atoms with Gasteiger partial charge in [-0.25, -0.2) is 0 Å². The van der Waals surface area contributed by atoms with Crippen molar-refractivity contribution < 1.29 is 0 Å². The summed E-state index contributed by atoms with van der Waals surface area (Å²) in [6.45, 7) is 0. The van der Waals surface area contributed by atoms with Crippen molar-refractivity contribution in [3.05, 3.63) is 67.4 Å². The van der Waals surface area contributed by atoms with E-state index in [1.165, 1.54) is 0 Å². The average molecular weight is 259 g/mol. The third-order valence-electron chi connectivity index (χ3n) is 2.72. The quantitative estimate of drug-likeness (QED) is 0.661. The molecule has 3 heteroatoms. The van der Waals surface area contributed by atoms with Gasteiger partial charge in [-0.2, -0.15) is 0 Å². The molecule has 3 heterocycles. The van der Waals surface area contributed by atoms with Crippen molar-refractivity contribution in [3.63, 3.8) is 0 Å². The molecule has 0 unspecified atom stereocenters. The van der Waals surface area contributed by atoms with Crippen LogP contribution in [-0.2, 0) is 0 Å². The SMILES string of the molecule is C#C.c1cncc(-c2cccnc2-c2cccnc2)c1. The molecule has 0 saturated carbocycles. The summed E-state index contributed by atoms with van der Waals surface area (Å²) in [7, 11) is 0. The zero-order valence-electron chi connectivity index (χ0n) is 10.8. The summed E-state index contributed by atoms with van der Waals surface area (Å²) < 4.78 is 0. The molecule has 96 valence electrons. The van der Waals surface area contributed by atoms with Crippen molar-refractivity contribution in [2.75, 3.05) is 0 Å². The maximum absolute atomic E-state index is 4.46. The van der Waals surface area contributed by atoms with Gasteiger partial charge in [-0.15, -0.1) is 12.8 Å². The Hall–Kier alpha value is -2.99.